The first-order valence-electron chi connectivity index (χ1n) is 5.59. The summed E-state index contributed by atoms with van der Waals surface area (Å²) in [5.41, 5.74) is 6.52. The molecule has 0 bridgehead atoms. The van der Waals surface area contributed by atoms with Crippen molar-refractivity contribution in [2.75, 3.05) is 11.9 Å². The Kier molecular flexibility index (Phi) is 4.61. The lowest BCUT2D eigenvalue weighted by atomic mass is 10.1. The molecule has 0 fully saturated rings. The van der Waals surface area contributed by atoms with E-state index in [4.69, 9.17) is 18.0 Å². The van der Waals surface area contributed by atoms with E-state index in [1.165, 1.54) is 0 Å². The van der Waals surface area contributed by atoms with Crippen molar-refractivity contribution in [1.82, 2.24) is 10.3 Å². The van der Waals surface area contributed by atoms with Crippen molar-refractivity contribution in [1.29, 1.82) is 0 Å². The molecule has 0 spiro atoms. The number of anilines is 1. The number of carbonyl (C=O) groups is 1. The number of rotatable bonds is 4. The van der Waals surface area contributed by atoms with Crippen LogP contribution in [-0.4, -0.2) is 28.0 Å². The summed E-state index contributed by atoms with van der Waals surface area (Å²) >= 11 is 4.80. The van der Waals surface area contributed by atoms with Gasteiger partial charge < -0.3 is 16.4 Å². The van der Waals surface area contributed by atoms with Gasteiger partial charge in [-0.3, -0.25) is 9.78 Å². The van der Waals surface area contributed by atoms with Crippen LogP contribution in [0.15, 0.2) is 18.3 Å². The first-order chi connectivity index (χ1) is 8.28. The highest BCUT2D eigenvalue weighted by Gasteiger charge is 2.13. The van der Waals surface area contributed by atoms with E-state index in [1.54, 1.807) is 18.3 Å². The molecule has 5 nitrogen and oxygen atoms in total. The van der Waals surface area contributed by atoms with Crippen LogP contribution >= 0.6 is 12.2 Å². The number of aromatic nitrogens is 1. The number of amides is 1. The number of hydrogen-bond donors (Lipinski definition) is 3. The van der Waals surface area contributed by atoms with E-state index in [-0.39, 0.29) is 23.0 Å². The predicted molar refractivity (Wildman–Crippen MR) is 76.5 cm³/mol. The van der Waals surface area contributed by atoms with E-state index in [1.807, 2.05) is 20.8 Å². The van der Waals surface area contributed by atoms with Crippen LogP contribution in [0.1, 0.15) is 26.5 Å². The van der Waals surface area contributed by atoms with Gasteiger partial charge in [-0.1, -0.05) is 12.2 Å². The number of pyridine rings is 1. The normalized spacial score (nSPS) is 10.8. The summed E-state index contributed by atoms with van der Waals surface area (Å²) in [6.07, 6.45) is 1.60. The SMILES string of the molecule is CC(C)(C)NC(=O)CNc1ccc(C(N)=S)nc1. The van der Waals surface area contributed by atoms with Crippen LogP contribution in [0, 0.1) is 0 Å². The number of nitrogens with two attached hydrogens (primary N) is 1. The van der Waals surface area contributed by atoms with Crippen LogP contribution in [0.4, 0.5) is 5.69 Å². The molecule has 1 aromatic rings. The van der Waals surface area contributed by atoms with Crippen LogP contribution in [0.3, 0.4) is 0 Å². The van der Waals surface area contributed by atoms with Crippen molar-refractivity contribution in [3.05, 3.63) is 24.0 Å². The summed E-state index contributed by atoms with van der Waals surface area (Å²) in [7, 11) is 0. The molecular formula is C12H18N4OS. The van der Waals surface area contributed by atoms with E-state index >= 15 is 0 Å². The zero-order chi connectivity index (χ0) is 13.8. The third kappa shape index (κ3) is 5.09. The molecule has 0 saturated heterocycles. The van der Waals surface area contributed by atoms with Gasteiger partial charge in [-0.25, -0.2) is 0 Å². The smallest absolute Gasteiger partial charge is 0.239 e. The number of carbonyl (C=O) groups excluding carboxylic acids is 1. The molecule has 1 aromatic heterocycles. The molecule has 1 heterocycles. The van der Waals surface area contributed by atoms with Crippen molar-refractivity contribution in [3.63, 3.8) is 0 Å². The van der Waals surface area contributed by atoms with Gasteiger partial charge in [-0.05, 0) is 32.9 Å². The topological polar surface area (TPSA) is 80.0 Å². The van der Waals surface area contributed by atoms with Crippen LogP contribution in [0.25, 0.3) is 0 Å². The van der Waals surface area contributed by atoms with E-state index in [0.717, 1.165) is 5.69 Å². The molecule has 0 aromatic carbocycles. The van der Waals surface area contributed by atoms with Gasteiger partial charge >= 0.3 is 0 Å². The average Bonchev–Trinajstić information content (AvgIpc) is 2.24. The second-order valence-corrected chi connectivity index (χ2v) is 5.39. The molecule has 98 valence electrons. The first-order valence-corrected chi connectivity index (χ1v) is 5.99. The largest absolute Gasteiger partial charge is 0.388 e. The summed E-state index contributed by atoms with van der Waals surface area (Å²) < 4.78 is 0. The van der Waals surface area contributed by atoms with E-state index in [2.05, 4.69) is 15.6 Å². The number of nitrogens with zero attached hydrogens (tertiary/aromatic N) is 1. The number of hydrogen-bond acceptors (Lipinski definition) is 4. The average molecular weight is 266 g/mol. The summed E-state index contributed by atoms with van der Waals surface area (Å²) in [6, 6.07) is 3.50. The second-order valence-electron chi connectivity index (χ2n) is 4.95. The molecule has 0 unspecified atom stereocenters. The van der Waals surface area contributed by atoms with Crippen LogP contribution in [0.2, 0.25) is 0 Å². The molecule has 0 aliphatic carbocycles. The van der Waals surface area contributed by atoms with Crippen molar-refractivity contribution in [2.24, 2.45) is 5.73 Å². The Morgan fingerprint density at radius 1 is 1.44 bits per heavy atom. The van der Waals surface area contributed by atoms with Gasteiger partial charge in [-0.2, -0.15) is 0 Å². The molecule has 4 N–H and O–H groups in total. The summed E-state index contributed by atoms with van der Waals surface area (Å²) in [4.78, 5) is 15.9. The number of nitrogens with one attached hydrogen (secondary N) is 2. The molecule has 1 amide bonds. The Morgan fingerprint density at radius 3 is 2.56 bits per heavy atom. The quantitative estimate of drug-likeness (QED) is 0.710. The monoisotopic (exact) mass is 266 g/mol. The van der Waals surface area contributed by atoms with Gasteiger partial charge in [0.15, 0.2) is 0 Å². The van der Waals surface area contributed by atoms with Gasteiger partial charge in [0, 0.05) is 5.54 Å². The molecule has 0 saturated carbocycles. The van der Waals surface area contributed by atoms with E-state index in [0.29, 0.717) is 5.69 Å². The fraction of sp³-hybridized carbons (Fsp3) is 0.417. The third-order valence-electron chi connectivity index (χ3n) is 1.98. The van der Waals surface area contributed by atoms with Gasteiger partial charge in [0.05, 0.1) is 24.1 Å². The Labute approximate surface area is 112 Å². The highest BCUT2D eigenvalue weighted by molar-refractivity contribution is 7.80. The Hall–Kier alpha value is -1.69. The zero-order valence-corrected chi connectivity index (χ0v) is 11.6. The highest BCUT2D eigenvalue weighted by Crippen LogP contribution is 2.06. The van der Waals surface area contributed by atoms with Crippen LogP contribution in [0.5, 0.6) is 0 Å². The Balaban J connectivity index is 2.49. The molecule has 1 rings (SSSR count). The molecule has 0 atom stereocenters. The minimum Gasteiger partial charge on any atom is -0.388 e. The molecule has 0 aliphatic rings. The standard InChI is InChI=1S/C12H18N4OS/c1-12(2,3)16-10(17)7-14-8-4-5-9(11(13)18)15-6-8/h4-6,14H,7H2,1-3H3,(H2,13,18)(H,16,17). The van der Waals surface area contributed by atoms with E-state index < -0.39 is 0 Å². The Bertz CT molecular complexity index is 436. The maximum atomic E-state index is 11.6. The highest BCUT2D eigenvalue weighted by atomic mass is 32.1. The van der Waals surface area contributed by atoms with E-state index in [9.17, 15) is 4.79 Å². The minimum absolute atomic E-state index is 0.0686. The molecule has 0 radical (unpaired) electrons. The fourth-order valence-electron chi connectivity index (χ4n) is 1.29. The molecule has 0 aliphatic heterocycles. The lowest BCUT2D eigenvalue weighted by Gasteiger charge is -2.20. The van der Waals surface area contributed by atoms with Gasteiger partial charge in [0.1, 0.15) is 4.99 Å². The van der Waals surface area contributed by atoms with Crippen LogP contribution in [-0.2, 0) is 4.79 Å². The van der Waals surface area contributed by atoms with Gasteiger partial charge in [0.25, 0.3) is 0 Å². The molecule has 6 heteroatoms. The van der Waals surface area contributed by atoms with Gasteiger partial charge in [0.2, 0.25) is 5.91 Å². The maximum absolute atomic E-state index is 11.6. The van der Waals surface area contributed by atoms with Crippen molar-refractivity contribution in [2.45, 2.75) is 26.3 Å². The summed E-state index contributed by atoms with van der Waals surface area (Å²) in [5, 5.41) is 5.83. The van der Waals surface area contributed by atoms with Crippen molar-refractivity contribution < 1.29 is 4.79 Å². The lowest BCUT2D eigenvalue weighted by molar-refractivity contribution is -0.120. The Morgan fingerprint density at radius 2 is 2.11 bits per heavy atom. The van der Waals surface area contributed by atoms with Crippen molar-refractivity contribution >= 4 is 28.8 Å². The summed E-state index contributed by atoms with van der Waals surface area (Å²) in [6.45, 7) is 6.00. The fourth-order valence-corrected chi connectivity index (χ4v) is 1.41. The van der Waals surface area contributed by atoms with Crippen LogP contribution < -0.4 is 16.4 Å². The molecule has 18 heavy (non-hydrogen) atoms. The van der Waals surface area contributed by atoms with Crippen molar-refractivity contribution in [3.8, 4) is 0 Å². The molecular weight excluding hydrogens is 248 g/mol. The zero-order valence-electron chi connectivity index (χ0n) is 10.8. The lowest BCUT2D eigenvalue weighted by Crippen LogP contribution is -2.43. The minimum atomic E-state index is -0.230. The predicted octanol–water partition coefficient (Wildman–Crippen LogP) is 1.04. The maximum Gasteiger partial charge on any atom is 0.239 e. The first kappa shape index (κ1) is 14.4. The third-order valence-corrected chi connectivity index (χ3v) is 2.19. The summed E-state index contributed by atoms with van der Waals surface area (Å²) in [5.74, 6) is -0.0686. The number of thiocarbonyl (C=S) groups is 1. The second kappa shape index (κ2) is 5.77. The van der Waals surface area contributed by atoms with Gasteiger partial charge in [-0.15, -0.1) is 0 Å².